The lowest BCUT2D eigenvalue weighted by atomic mass is 10.2. The van der Waals surface area contributed by atoms with E-state index in [4.69, 9.17) is 11.6 Å². The van der Waals surface area contributed by atoms with Crippen LogP contribution in [0.2, 0.25) is 5.02 Å². The largest absolute Gasteiger partial charge is 0.417 e. The predicted octanol–water partition coefficient (Wildman–Crippen LogP) is 4.40. The van der Waals surface area contributed by atoms with Gasteiger partial charge in [-0.15, -0.1) is 0 Å². The van der Waals surface area contributed by atoms with Crippen LogP contribution in [0.5, 0.6) is 0 Å². The highest BCUT2D eigenvalue weighted by Crippen LogP contribution is 2.36. The molecule has 120 valence electrons. The fraction of sp³-hybridized carbons (Fsp3) is 0.429. The number of aliphatic imine (C=N–C) groups is 1. The van der Waals surface area contributed by atoms with Crippen molar-refractivity contribution in [3.63, 3.8) is 0 Å². The fourth-order valence-corrected chi connectivity index (χ4v) is 2.41. The number of alkyl halides is 3. The van der Waals surface area contributed by atoms with Gasteiger partial charge in [-0.1, -0.05) is 11.6 Å². The molecule has 2 rings (SSSR count). The minimum atomic E-state index is -4.58. The fourth-order valence-electron chi connectivity index (χ4n) is 2.19. The number of urea groups is 1. The highest BCUT2D eigenvalue weighted by molar-refractivity contribution is 6.31. The molecule has 0 bridgehead atoms. The zero-order valence-corrected chi connectivity index (χ0v) is 12.8. The van der Waals surface area contributed by atoms with Crippen molar-refractivity contribution >= 4 is 29.2 Å². The number of rotatable bonds is 1. The lowest BCUT2D eigenvalue weighted by molar-refractivity contribution is -0.137. The van der Waals surface area contributed by atoms with E-state index in [1.807, 2.05) is 18.9 Å². The maximum Gasteiger partial charge on any atom is 0.417 e. The molecular weight excluding hydrogens is 319 g/mol. The van der Waals surface area contributed by atoms with E-state index >= 15 is 0 Å². The van der Waals surface area contributed by atoms with Crippen LogP contribution in [-0.2, 0) is 6.18 Å². The van der Waals surface area contributed by atoms with Gasteiger partial charge in [0.25, 0.3) is 0 Å². The van der Waals surface area contributed by atoms with E-state index < -0.39 is 22.8 Å². The van der Waals surface area contributed by atoms with Crippen molar-refractivity contribution < 1.29 is 18.0 Å². The molecule has 1 aromatic rings. The smallest absolute Gasteiger partial charge is 0.360 e. The van der Waals surface area contributed by atoms with E-state index in [-0.39, 0.29) is 5.69 Å². The SMILES string of the molecule is CC1CC/C(=N/C(=O)Nc2ccc(Cl)c(C(F)(F)F)c2)N1C. The summed E-state index contributed by atoms with van der Waals surface area (Å²) in [4.78, 5) is 17.6. The van der Waals surface area contributed by atoms with Crippen LogP contribution in [0.25, 0.3) is 0 Å². The molecule has 1 heterocycles. The molecule has 1 aromatic carbocycles. The van der Waals surface area contributed by atoms with Gasteiger partial charge >= 0.3 is 12.2 Å². The summed E-state index contributed by atoms with van der Waals surface area (Å²) in [6, 6.07) is 2.78. The molecule has 0 saturated carbocycles. The summed E-state index contributed by atoms with van der Waals surface area (Å²) in [5, 5.41) is 1.92. The van der Waals surface area contributed by atoms with Crippen LogP contribution in [0, 0.1) is 0 Å². The lowest BCUT2D eigenvalue weighted by Gasteiger charge is -2.17. The second kappa shape index (κ2) is 6.16. The Bertz CT molecular complexity index is 616. The van der Waals surface area contributed by atoms with Crippen molar-refractivity contribution in [2.24, 2.45) is 4.99 Å². The number of likely N-dealkylation sites (tertiary alicyclic amines) is 1. The first-order valence-electron chi connectivity index (χ1n) is 6.66. The van der Waals surface area contributed by atoms with Crippen LogP contribution in [-0.4, -0.2) is 29.9 Å². The van der Waals surface area contributed by atoms with E-state index in [2.05, 4.69) is 10.3 Å². The van der Waals surface area contributed by atoms with Gasteiger partial charge in [-0.3, -0.25) is 0 Å². The third-order valence-corrected chi connectivity index (χ3v) is 3.94. The van der Waals surface area contributed by atoms with Gasteiger partial charge in [0.05, 0.1) is 10.6 Å². The number of nitrogens with one attached hydrogen (secondary N) is 1. The first-order valence-corrected chi connectivity index (χ1v) is 7.04. The Morgan fingerprint density at radius 3 is 2.68 bits per heavy atom. The summed E-state index contributed by atoms with van der Waals surface area (Å²) in [7, 11) is 1.83. The number of anilines is 1. The number of amides is 2. The van der Waals surface area contributed by atoms with Gasteiger partial charge in [0.15, 0.2) is 0 Å². The Morgan fingerprint density at radius 1 is 1.45 bits per heavy atom. The van der Waals surface area contributed by atoms with Crippen LogP contribution >= 0.6 is 11.6 Å². The molecule has 0 aliphatic carbocycles. The highest BCUT2D eigenvalue weighted by atomic mass is 35.5. The minimum absolute atomic E-state index is 0.000210. The maximum atomic E-state index is 12.8. The summed E-state index contributed by atoms with van der Waals surface area (Å²) >= 11 is 5.52. The van der Waals surface area contributed by atoms with E-state index in [9.17, 15) is 18.0 Å². The number of amidine groups is 1. The van der Waals surface area contributed by atoms with Gasteiger partial charge in [-0.25, -0.2) is 4.79 Å². The van der Waals surface area contributed by atoms with Crippen molar-refractivity contribution in [2.45, 2.75) is 32.0 Å². The summed E-state index contributed by atoms with van der Waals surface area (Å²) < 4.78 is 38.3. The van der Waals surface area contributed by atoms with E-state index in [0.29, 0.717) is 18.3 Å². The molecule has 8 heteroatoms. The van der Waals surface area contributed by atoms with Gasteiger partial charge in [0.1, 0.15) is 5.84 Å². The van der Waals surface area contributed by atoms with Gasteiger partial charge in [0.2, 0.25) is 0 Å². The number of halogens is 4. The van der Waals surface area contributed by atoms with Crippen LogP contribution in [0.15, 0.2) is 23.2 Å². The number of carbonyl (C=O) groups excluding carboxylic acids is 1. The zero-order valence-electron chi connectivity index (χ0n) is 12.0. The van der Waals surface area contributed by atoms with Gasteiger partial charge < -0.3 is 10.2 Å². The molecular formula is C14H15ClF3N3O. The van der Waals surface area contributed by atoms with Crippen molar-refractivity contribution in [3.05, 3.63) is 28.8 Å². The Hall–Kier alpha value is -1.76. The predicted molar refractivity (Wildman–Crippen MR) is 79.4 cm³/mol. The van der Waals surface area contributed by atoms with Crippen molar-refractivity contribution in [1.29, 1.82) is 0 Å². The second-order valence-electron chi connectivity index (χ2n) is 5.15. The van der Waals surface area contributed by atoms with E-state index in [1.165, 1.54) is 6.07 Å². The molecule has 1 fully saturated rings. The average molecular weight is 334 g/mol. The van der Waals surface area contributed by atoms with Gasteiger partial charge in [0, 0.05) is 25.2 Å². The number of nitrogens with zero attached hydrogens (tertiary/aromatic N) is 2. The molecule has 22 heavy (non-hydrogen) atoms. The standard InChI is InChI=1S/C14H15ClF3N3O/c1-8-3-6-12(21(8)2)20-13(22)19-9-4-5-11(15)10(7-9)14(16,17)18/h4-5,7-8H,3,6H2,1-2H3,(H,19,22)/b20-12-. The Balaban J connectivity index is 2.14. The molecule has 1 aliphatic heterocycles. The highest BCUT2D eigenvalue weighted by Gasteiger charge is 2.33. The Kier molecular flexibility index (Phi) is 4.65. The first-order chi connectivity index (χ1) is 10.2. The monoisotopic (exact) mass is 333 g/mol. The average Bonchev–Trinajstić information content (AvgIpc) is 2.71. The molecule has 1 aliphatic rings. The summed E-state index contributed by atoms with van der Waals surface area (Å²) in [6.07, 6.45) is -3.02. The lowest BCUT2D eigenvalue weighted by Crippen LogP contribution is -2.27. The van der Waals surface area contributed by atoms with Crippen molar-refractivity contribution in [2.75, 3.05) is 12.4 Å². The summed E-state index contributed by atoms with van der Waals surface area (Å²) in [5.74, 6) is 0.620. The van der Waals surface area contributed by atoms with Gasteiger partial charge in [-0.2, -0.15) is 18.2 Å². The third-order valence-electron chi connectivity index (χ3n) is 3.61. The van der Waals surface area contributed by atoms with Crippen LogP contribution in [0.3, 0.4) is 0 Å². The minimum Gasteiger partial charge on any atom is -0.360 e. The molecule has 2 amide bonds. The number of hydrogen-bond acceptors (Lipinski definition) is 1. The summed E-state index contributed by atoms with van der Waals surface area (Å²) in [5.41, 5.74) is -0.994. The topological polar surface area (TPSA) is 44.7 Å². The van der Waals surface area contributed by atoms with Crippen LogP contribution in [0.1, 0.15) is 25.3 Å². The number of hydrogen-bond donors (Lipinski definition) is 1. The van der Waals surface area contributed by atoms with E-state index in [1.54, 1.807) is 0 Å². The number of carbonyl (C=O) groups is 1. The first kappa shape index (κ1) is 16.6. The van der Waals surface area contributed by atoms with Gasteiger partial charge in [-0.05, 0) is 31.5 Å². The van der Waals surface area contributed by atoms with Crippen LogP contribution in [0.4, 0.5) is 23.7 Å². The normalized spacial score (nSPS) is 20.5. The number of benzene rings is 1. The molecule has 0 aromatic heterocycles. The van der Waals surface area contributed by atoms with Crippen LogP contribution < -0.4 is 5.32 Å². The van der Waals surface area contributed by atoms with Crippen molar-refractivity contribution in [3.8, 4) is 0 Å². The molecule has 1 unspecified atom stereocenters. The Morgan fingerprint density at radius 2 is 2.14 bits per heavy atom. The third kappa shape index (κ3) is 3.71. The van der Waals surface area contributed by atoms with E-state index in [0.717, 1.165) is 18.6 Å². The molecule has 1 saturated heterocycles. The quantitative estimate of drug-likeness (QED) is 0.827. The molecule has 1 N–H and O–H groups in total. The molecule has 4 nitrogen and oxygen atoms in total. The molecule has 1 atom stereocenters. The molecule has 0 spiro atoms. The molecule has 0 radical (unpaired) electrons. The maximum absolute atomic E-state index is 12.8. The second-order valence-corrected chi connectivity index (χ2v) is 5.56. The Labute approximate surface area is 131 Å². The summed E-state index contributed by atoms with van der Waals surface area (Å²) in [6.45, 7) is 2.01. The zero-order chi connectivity index (χ0) is 16.5. The van der Waals surface area contributed by atoms with Crippen molar-refractivity contribution in [1.82, 2.24) is 4.90 Å².